The first-order valence-electron chi connectivity index (χ1n) is 7.49. The van der Waals surface area contributed by atoms with Crippen LogP contribution in [0.1, 0.15) is 16.7 Å². The van der Waals surface area contributed by atoms with Crippen molar-refractivity contribution in [3.05, 3.63) is 94.2 Å². The van der Waals surface area contributed by atoms with Crippen molar-refractivity contribution < 1.29 is 0 Å². The lowest BCUT2D eigenvalue weighted by molar-refractivity contribution is 1.03. The number of hydrogen-bond donors (Lipinski definition) is 1. The monoisotopic (exact) mass is 376 g/mol. The van der Waals surface area contributed by atoms with E-state index >= 15 is 0 Å². The number of hydrazone groups is 1. The predicted molar refractivity (Wildman–Crippen MR) is 99.8 cm³/mol. The van der Waals surface area contributed by atoms with Crippen molar-refractivity contribution in [3.8, 4) is 0 Å². The van der Waals surface area contributed by atoms with Crippen molar-refractivity contribution in [3.63, 3.8) is 0 Å². The lowest BCUT2D eigenvalue weighted by Crippen LogP contribution is -2.19. The lowest BCUT2D eigenvalue weighted by Gasteiger charge is -2.08. The van der Waals surface area contributed by atoms with E-state index in [0.717, 1.165) is 32.6 Å². The highest BCUT2D eigenvalue weighted by Crippen LogP contribution is 2.28. The first-order valence-corrected chi connectivity index (χ1v) is 8.29. The second-order valence-corrected chi connectivity index (χ2v) is 6.21. The lowest BCUT2D eigenvalue weighted by atomic mass is 10.0. The molecule has 116 valence electrons. The molecule has 0 bridgehead atoms. The van der Waals surface area contributed by atoms with Gasteiger partial charge in [-0.25, -0.2) is 4.99 Å². The van der Waals surface area contributed by atoms with Gasteiger partial charge in [-0.2, -0.15) is 5.10 Å². The fraction of sp³-hybridized carbons (Fsp3) is 0. The van der Waals surface area contributed by atoms with Gasteiger partial charge in [0.2, 0.25) is 0 Å². The molecule has 1 aromatic heterocycles. The van der Waals surface area contributed by atoms with E-state index in [1.807, 2.05) is 60.7 Å². The largest absolute Gasteiger partial charge is 0.265 e. The van der Waals surface area contributed by atoms with Gasteiger partial charge in [-0.3, -0.25) is 10.4 Å². The van der Waals surface area contributed by atoms with Gasteiger partial charge >= 0.3 is 0 Å². The third kappa shape index (κ3) is 2.86. The Hall–Kier alpha value is -2.79. The summed E-state index contributed by atoms with van der Waals surface area (Å²) >= 11 is 3.54. The fourth-order valence-electron chi connectivity index (χ4n) is 2.56. The van der Waals surface area contributed by atoms with Crippen molar-refractivity contribution in [2.45, 2.75) is 0 Å². The average molecular weight is 377 g/mol. The Morgan fingerprint density at radius 1 is 0.833 bits per heavy atom. The zero-order chi connectivity index (χ0) is 16.4. The molecule has 24 heavy (non-hydrogen) atoms. The van der Waals surface area contributed by atoms with Crippen LogP contribution in [-0.4, -0.2) is 16.5 Å². The average Bonchev–Trinajstić information content (AvgIpc) is 2.82. The van der Waals surface area contributed by atoms with Gasteiger partial charge in [-0.05, 0) is 30.3 Å². The SMILES string of the molecule is Brc1ccc2c(c1)C(c1ccccc1)=NNC(c1ccncc1)=N2. The molecule has 2 heterocycles. The predicted octanol–water partition coefficient (Wildman–Crippen LogP) is 4.28. The Balaban J connectivity index is 1.89. The number of nitrogens with zero attached hydrogens (tertiary/aromatic N) is 3. The van der Waals surface area contributed by atoms with Crippen molar-refractivity contribution in [2.75, 3.05) is 0 Å². The Morgan fingerprint density at radius 3 is 2.42 bits per heavy atom. The van der Waals surface area contributed by atoms with Gasteiger partial charge in [0.1, 0.15) is 5.71 Å². The van der Waals surface area contributed by atoms with E-state index in [1.165, 1.54) is 0 Å². The number of fused-ring (bicyclic) bond motifs is 1. The molecule has 0 fully saturated rings. The minimum Gasteiger partial charge on any atom is -0.265 e. The van der Waals surface area contributed by atoms with Crippen LogP contribution in [0.4, 0.5) is 5.69 Å². The molecule has 0 atom stereocenters. The number of amidine groups is 1. The van der Waals surface area contributed by atoms with Crippen LogP contribution in [-0.2, 0) is 0 Å². The van der Waals surface area contributed by atoms with Crippen LogP contribution in [0.5, 0.6) is 0 Å². The molecule has 4 nitrogen and oxygen atoms in total. The summed E-state index contributed by atoms with van der Waals surface area (Å²) in [6.45, 7) is 0. The molecular formula is C19H13BrN4. The molecule has 0 saturated carbocycles. The Labute approximate surface area is 148 Å². The van der Waals surface area contributed by atoms with E-state index in [-0.39, 0.29) is 0 Å². The van der Waals surface area contributed by atoms with E-state index in [2.05, 4.69) is 31.4 Å². The molecular weight excluding hydrogens is 364 g/mol. The van der Waals surface area contributed by atoms with Crippen molar-refractivity contribution >= 4 is 33.2 Å². The van der Waals surface area contributed by atoms with Gasteiger partial charge in [-0.1, -0.05) is 46.3 Å². The van der Waals surface area contributed by atoms with Crippen LogP contribution in [0.25, 0.3) is 0 Å². The molecule has 0 aliphatic carbocycles. The fourth-order valence-corrected chi connectivity index (χ4v) is 2.93. The summed E-state index contributed by atoms with van der Waals surface area (Å²) in [6.07, 6.45) is 3.49. The van der Waals surface area contributed by atoms with E-state index in [4.69, 9.17) is 4.99 Å². The summed E-state index contributed by atoms with van der Waals surface area (Å²) in [5, 5.41) is 4.63. The maximum atomic E-state index is 4.77. The van der Waals surface area contributed by atoms with Crippen LogP contribution in [0, 0.1) is 0 Å². The van der Waals surface area contributed by atoms with Gasteiger partial charge in [0.25, 0.3) is 0 Å². The summed E-state index contributed by atoms with van der Waals surface area (Å²) in [5.74, 6) is 0.701. The maximum absolute atomic E-state index is 4.77. The minimum atomic E-state index is 0.701. The number of nitrogens with one attached hydrogen (secondary N) is 1. The summed E-state index contributed by atoms with van der Waals surface area (Å²) in [4.78, 5) is 8.83. The molecule has 1 aliphatic heterocycles. The number of benzene rings is 2. The molecule has 0 spiro atoms. The van der Waals surface area contributed by atoms with Crippen LogP contribution >= 0.6 is 15.9 Å². The first kappa shape index (κ1) is 14.8. The summed E-state index contributed by atoms with van der Waals surface area (Å²) in [7, 11) is 0. The van der Waals surface area contributed by atoms with E-state index < -0.39 is 0 Å². The number of halogens is 1. The molecule has 1 aliphatic rings. The normalized spacial score (nSPS) is 13.2. The van der Waals surface area contributed by atoms with Crippen molar-refractivity contribution in [1.82, 2.24) is 10.4 Å². The molecule has 0 saturated heterocycles. The molecule has 0 amide bonds. The van der Waals surface area contributed by atoms with E-state index in [9.17, 15) is 0 Å². The number of hydrogen-bond acceptors (Lipinski definition) is 4. The smallest absolute Gasteiger partial charge is 0.154 e. The molecule has 1 N–H and O–H groups in total. The number of rotatable bonds is 2. The van der Waals surface area contributed by atoms with E-state index in [0.29, 0.717) is 5.84 Å². The second-order valence-electron chi connectivity index (χ2n) is 5.30. The number of aromatic nitrogens is 1. The van der Waals surface area contributed by atoms with E-state index in [1.54, 1.807) is 12.4 Å². The molecule has 0 radical (unpaired) electrons. The molecule has 0 unspecified atom stereocenters. The van der Waals surface area contributed by atoms with Crippen LogP contribution in [0.15, 0.2) is 87.6 Å². The van der Waals surface area contributed by atoms with Gasteiger partial charge in [0.15, 0.2) is 5.84 Å². The van der Waals surface area contributed by atoms with Crippen LogP contribution in [0.3, 0.4) is 0 Å². The van der Waals surface area contributed by atoms with Gasteiger partial charge < -0.3 is 0 Å². The van der Waals surface area contributed by atoms with Crippen LogP contribution in [0.2, 0.25) is 0 Å². The Morgan fingerprint density at radius 2 is 1.62 bits per heavy atom. The first-order chi connectivity index (χ1) is 11.8. The third-order valence-corrected chi connectivity index (χ3v) is 4.21. The molecule has 4 rings (SSSR count). The topological polar surface area (TPSA) is 49.6 Å². The third-order valence-electron chi connectivity index (χ3n) is 3.72. The zero-order valence-corrected chi connectivity index (χ0v) is 14.2. The highest BCUT2D eigenvalue weighted by molar-refractivity contribution is 9.10. The highest BCUT2D eigenvalue weighted by Gasteiger charge is 2.17. The standard InChI is InChI=1S/C19H13BrN4/c20-15-6-7-17-16(12-15)18(13-4-2-1-3-5-13)23-24-19(22-17)14-8-10-21-11-9-14/h1-12H,(H,22,24). The minimum absolute atomic E-state index is 0.701. The van der Waals surface area contributed by atoms with Crippen molar-refractivity contribution in [1.29, 1.82) is 0 Å². The molecule has 2 aromatic carbocycles. The van der Waals surface area contributed by atoms with Gasteiger partial charge in [0, 0.05) is 33.6 Å². The summed E-state index contributed by atoms with van der Waals surface area (Å²) in [6, 6.07) is 19.9. The number of aliphatic imine (C=N–C) groups is 1. The van der Waals surface area contributed by atoms with Crippen molar-refractivity contribution in [2.24, 2.45) is 10.1 Å². The molecule has 5 heteroatoms. The summed E-state index contributed by atoms with van der Waals surface area (Å²) in [5.41, 5.74) is 7.80. The van der Waals surface area contributed by atoms with Gasteiger partial charge in [0.05, 0.1) is 5.69 Å². The number of pyridine rings is 1. The summed E-state index contributed by atoms with van der Waals surface area (Å²) < 4.78 is 0.993. The van der Waals surface area contributed by atoms with Gasteiger partial charge in [-0.15, -0.1) is 0 Å². The highest BCUT2D eigenvalue weighted by atomic mass is 79.9. The Bertz CT molecular complexity index is 934. The maximum Gasteiger partial charge on any atom is 0.154 e. The quantitative estimate of drug-likeness (QED) is 0.725. The van der Waals surface area contributed by atoms with Crippen LogP contribution < -0.4 is 5.43 Å². The molecule has 3 aromatic rings. The zero-order valence-electron chi connectivity index (χ0n) is 12.6. The Kier molecular flexibility index (Phi) is 3.92. The second kappa shape index (κ2) is 6.37.